The van der Waals surface area contributed by atoms with Gasteiger partial charge in [0.1, 0.15) is 11.5 Å². The SMILES string of the molecule is CCCCc1cccc(Oc2ccccc2)c1. The van der Waals surface area contributed by atoms with E-state index in [1.54, 1.807) is 0 Å². The van der Waals surface area contributed by atoms with Crippen molar-refractivity contribution in [3.63, 3.8) is 0 Å². The Bertz CT molecular complexity index is 448. The third kappa shape index (κ3) is 3.63. The molecular formula is C16H18O. The van der Waals surface area contributed by atoms with Crippen LogP contribution in [-0.4, -0.2) is 0 Å². The summed E-state index contributed by atoms with van der Waals surface area (Å²) in [5.74, 6) is 1.81. The summed E-state index contributed by atoms with van der Waals surface area (Å²) in [6.07, 6.45) is 3.58. The molecule has 0 aromatic heterocycles. The van der Waals surface area contributed by atoms with Crippen LogP contribution in [0.5, 0.6) is 11.5 Å². The van der Waals surface area contributed by atoms with E-state index in [1.807, 2.05) is 36.4 Å². The van der Waals surface area contributed by atoms with Gasteiger partial charge in [-0.3, -0.25) is 0 Å². The van der Waals surface area contributed by atoms with E-state index in [1.165, 1.54) is 18.4 Å². The molecule has 0 aliphatic rings. The zero-order valence-corrected chi connectivity index (χ0v) is 10.2. The fourth-order valence-electron chi connectivity index (χ4n) is 1.77. The van der Waals surface area contributed by atoms with E-state index in [2.05, 4.69) is 25.1 Å². The van der Waals surface area contributed by atoms with E-state index < -0.39 is 0 Å². The van der Waals surface area contributed by atoms with Crippen LogP contribution in [0, 0.1) is 0 Å². The van der Waals surface area contributed by atoms with Crippen molar-refractivity contribution in [3.8, 4) is 11.5 Å². The Labute approximate surface area is 103 Å². The number of aryl methyl sites for hydroxylation is 1. The number of benzene rings is 2. The van der Waals surface area contributed by atoms with Crippen LogP contribution in [0.3, 0.4) is 0 Å². The second-order valence-electron chi connectivity index (χ2n) is 4.17. The fourth-order valence-corrected chi connectivity index (χ4v) is 1.77. The van der Waals surface area contributed by atoms with Crippen LogP contribution in [0.4, 0.5) is 0 Å². The van der Waals surface area contributed by atoms with Crippen LogP contribution in [-0.2, 0) is 6.42 Å². The molecule has 0 spiro atoms. The fraction of sp³-hybridized carbons (Fsp3) is 0.250. The van der Waals surface area contributed by atoms with Gasteiger partial charge in [-0.1, -0.05) is 43.7 Å². The maximum absolute atomic E-state index is 5.80. The van der Waals surface area contributed by atoms with Crippen LogP contribution in [0.15, 0.2) is 54.6 Å². The molecule has 0 aliphatic heterocycles. The summed E-state index contributed by atoms with van der Waals surface area (Å²) in [6.45, 7) is 2.21. The molecule has 2 aromatic rings. The molecule has 0 N–H and O–H groups in total. The lowest BCUT2D eigenvalue weighted by Crippen LogP contribution is -1.87. The first-order valence-corrected chi connectivity index (χ1v) is 6.20. The zero-order chi connectivity index (χ0) is 11.9. The molecule has 0 amide bonds. The second kappa shape index (κ2) is 6.09. The van der Waals surface area contributed by atoms with Gasteiger partial charge in [0.05, 0.1) is 0 Å². The van der Waals surface area contributed by atoms with Crippen molar-refractivity contribution in [2.75, 3.05) is 0 Å². The van der Waals surface area contributed by atoms with E-state index in [0.29, 0.717) is 0 Å². The van der Waals surface area contributed by atoms with Crippen LogP contribution in [0.2, 0.25) is 0 Å². The van der Waals surface area contributed by atoms with Gasteiger partial charge in [-0.2, -0.15) is 0 Å². The summed E-state index contributed by atoms with van der Waals surface area (Å²) in [5.41, 5.74) is 1.35. The minimum atomic E-state index is 0.889. The summed E-state index contributed by atoms with van der Waals surface area (Å²) in [4.78, 5) is 0. The molecule has 0 saturated heterocycles. The molecule has 1 nitrogen and oxygen atoms in total. The molecule has 2 aromatic carbocycles. The van der Waals surface area contributed by atoms with E-state index in [-0.39, 0.29) is 0 Å². The predicted molar refractivity (Wildman–Crippen MR) is 71.6 cm³/mol. The molecule has 0 bridgehead atoms. The Morgan fingerprint density at radius 1 is 0.882 bits per heavy atom. The molecule has 0 heterocycles. The maximum atomic E-state index is 5.80. The molecular weight excluding hydrogens is 208 g/mol. The first-order valence-electron chi connectivity index (χ1n) is 6.20. The normalized spacial score (nSPS) is 10.2. The van der Waals surface area contributed by atoms with Crippen LogP contribution in [0.1, 0.15) is 25.3 Å². The summed E-state index contributed by atoms with van der Waals surface area (Å²) >= 11 is 0. The smallest absolute Gasteiger partial charge is 0.127 e. The molecule has 0 unspecified atom stereocenters. The van der Waals surface area contributed by atoms with Gasteiger partial charge in [-0.25, -0.2) is 0 Å². The zero-order valence-electron chi connectivity index (χ0n) is 10.2. The molecule has 2 rings (SSSR count). The first-order chi connectivity index (χ1) is 8.38. The highest BCUT2D eigenvalue weighted by atomic mass is 16.5. The maximum Gasteiger partial charge on any atom is 0.127 e. The van der Waals surface area contributed by atoms with Crippen molar-refractivity contribution in [2.45, 2.75) is 26.2 Å². The van der Waals surface area contributed by atoms with Crippen LogP contribution >= 0.6 is 0 Å². The monoisotopic (exact) mass is 226 g/mol. The largest absolute Gasteiger partial charge is 0.457 e. The Morgan fingerprint density at radius 3 is 2.41 bits per heavy atom. The summed E-state index contributed by atoms with van der Waals surface area (Å²) in [7, 11) is 0. The lowest BCUT2D eigenvalue weighted by Gasteiger charge is -2.07. The quantitative estimate of drug-likeness (QED) is 0.710. The topological polar surface area (TPSA) is 9.23 Å². The van der Waals surface area contributed by atoms with E-state index in [9.17, 15) is 0 Å². The standard InChI is InChI=1S/C16H18O/c1-2-3-8-14-9-7-12-16(13-14)17-15-10-5-4-6-11-15/h4-7,9-13H,2-3,8H2,1H3. The molecule has 0 fully saturated rings. The molecule has 0 aliphatic carbocycles. The Kier molecular flexibility index (Phi) is 4.20. The molecule has 0 radical (unpaired) electrons. The molecule has 0 atom stereocenters. The van der Waals surface area contributed by atoms with Gasteiger partial charge in [-0.15, -0.1) is 0 Å². The van der Waals surface area contributed by atoms with Gasteiger partial charge in [0.2, 0.25) is 0 Å². The van der Waals surface area contributed by atoms with E-state index in [4.69, 9.17) is 4.74 Å². The van der Waals surface area contributed by atoms with Crippen LogP contribution < -0.4 is 4.74 Å². The number of para-hydroxylation sites is 1. The Morgan fingerprint density at radius 2 is 1.65 bits per heavy atom. The molecule has 1 heteroatoms. The highest BCUT2D eigenvalue weighted by molar-refractivity contribution is 5.33. The summed E-state index contributed by atoms with van der Waals surface area (Å²) in [5, 5.41) is 0. The number of ether oxygens (including phenoxy) is 1. The summed E-state index contributed by atoms with van der Waals surface area (Å²) < 4.78 is 5.80. The Hall–Kier alpha value is -1.76. The molecule has 88 valence electrons. The highest BCUT2D eigenvalue weighted by Crippen LogP contribution is 2.22. The number of rotatable bonds is 5. The van der Waals surface area contributed by atoms with Crippen molar-refractivity contribution in [3.05, 3.63) is 60.2 Å². The number of unbranched alkanes of at least 4 members (excludes halogenated alkanes) is 1. The van der Waals surface area contributed by atoms with Gasteiger partial charge >= 0.3 is 0 Å². The third-order valence-electron chi connectivity index (χ3n) is 2.70. The van der Waals surface area contributed by atoms with E-state index >= 15 is 0 Å². The van der Waals surface area contributed by atoms with E-state index in [0.717, 1.165) is 17.9 Å². The molecule has 0 saturated carbocycles. The van der Waals surface area contributed by atoms with Gasteiger partial charge < -0.3 is 4.74 Å². The van der Waals surface area contributed by atoms with Crippen molar-refractivity contribution in [1.29, 1.82) is 0 Å². The first kappa shape index (κ1) is 11.7. The minimum absolute atomic E-state index is 0.889. The van der Waals surface area contributed by atoms with Crippen molar-refractivity contribution < 1.29 is 4.74 Å². The number of hydrogen-bond donors (Lipinski definition) is 0. The minimum Gasteiger partial charge on any atom is -0.457 e. The van der Waals surface area contributed by atoms with Crippen molar-refractivity contribution in [1.82, 2.24) is 0 Å². The van der Waals surface area contributed by atoms with Crippen molar-refractivity contribution >= 4 is 0 Å². The summed E-state index contributed by atoms with van der Waals surface area (Å²) in [6, 6.07) is 18.2. The van der Waals surface area contributed by atoms with Crippen molar-refractivity contribution in [2.24, 2.45) is 0 Å². The van der Waals surface area contributed by atoms with Gasteiger partial charge in [-0.05, 0) is 42.7 Å². The average Bonchev–Trinajstić information content (AvgIpc) is 2.38. The lowest BCUT2D eigenvalue weighted by molar-refractivity contribution is 0.482. The Balaban J connectivity index is 2.06. The van der Waals surface area contributed by atoms with Gasteiger partial charge in [0.25, 0.3) is 0 Å². The average molecular weight is 226 g/mol. The van der Waals surface area contributed by atoms with Gasteiger partial charge in [0, 0.05) is 0 Å². The molecule has 17 heavy (non-hydrogen) atoms. The van der Waals surface area contributed by atoms with Gasteiger partial charge in [0.15, 0.2) is 0 Å². The highest BCUT2D eigenvalue weighted by Gasteiger charge is 1.98. The van der Waals surface area contributed by atoms with Crippen LogP contribution in [0.25, 0.3) is 0 Å². The third-order valence-corrected chi connectivity index (χ3v) is 2.70. The number of hydrogen-bond acceptors (Lipinski definition) is 1. The predicted octanol–water partition coefficient (Wildman–Crippen LogP) is 4.82. The lowest BCUT2D eigenvalue weighted by atomic mass is 10.1. The second-order valence-corrected chi connectivity index (χ2v) is 4.17.